The van der Waals surface area contributed by atoms with Crippen LogP contribution in [0.3, 0.4) is 0 Å². The zero-order valence-electron chi connectivity index (χ0n) is 7.43. The van der Waals surface area contributed by atoms with Gasteiger partial charge in [0.1, 0.15) is 12.4 Å². The largest absolute Gasteiger partial charge is 0.508 e. The van der Waals surface area contributed by atoms with Crippen molar-refractivity contribution in [1.29, 1.82) is 0 Å². The van der Waals surface area contributed by atoms with Gasteiger partial charge in [0, 0.05) is 32.7 Å². The molecular weight excluding hydrogens is 245 g/mol. The van der Waals surface area contributed by atoms with E-state index in [0.717, 1.165) is 5.56 Å². The van der Waals surface area contributed by atoms with Gasteiger partial charge in [-0.1, -0.05) is 12.1 Å². The quantitative estimate of drug-likeness (QED) is 0.658. The molecule has 0 aromatic heterocycles. The monoisotopic (exact) mass is 256 g/mol. The molecule has 0 bridgehead atoms. The van der Waals surface area contributed by atoms with Gasteiger partial charge in [0.15, 0.2) is 0 Å². The molecule has 0 spiro atoms. The molecule has 0 amide bonds. The van der Waals surface area contributed by atoms with Crippen LogP contribution in [-0.2, 0) is 48.8 Å². The van der Waals surface area contributed by atoms with Crippen molar-refractivity contribution in [2.24, 2.45) is 0 Å². The second-order valence-corrected chi connectivity index (χ2v) is 2.07. The zero-order chi connectivity index (χ0) is 8.10. The molecule has 4 heteroatoms. The molecule has 69 valence electrons. The molecule has 1 aromatic rings. The Hall–Kier alpha value is -0.406. The molecule has 1 rings (SSSR count). The van der Waals surface area contributed by atoms with Crippen molar-refractivity contribution in [3.05, 3.63) is 37.3 Å². The van der Waals surface area contributed by atoms with Gasteiger partial charge in [-0.25, -0.2) is 0 Å². The van der Waals surface area contributed by atoms with Crippen molar-refractivity contribution in [2.75, 3.05) is 0 Å². The smallest absolute Gasteiger partial charge is 0.293 e. The topological polar surface area (TPSA) is 46.5 Å². The molecule has 0 fully saturated rings. The van der Waals surface area contributed by atoms with Gasteiger partial charge in [0.05, 0.1) is 0 Å². The van der Waals surface area contributed by atoms with E-state index >= 15 is 0 Å². The maximum Gasteiger partial charge on any atom is 0.293 e. The van der Waals surface area contributed by atoms with Gasteiger partial charge in [-0.3, -0.25) is 4.79 Å². The first-order valence-electron chi connectivity index (χ1n) is 3.16. The van der Waals surface area contributed by atoms with Gasteiger partial charge in [-0.2, -0.15) is 0 Å². The van der Waals surface area contributed by atoms with Gasteiger partial charge in [0.2, 0.25) is 0 Å². The molecule has 1 N–H and O–H groups in total. The standard InChI is InChI=1S/C8H8O3.CH3.Y/c9-6-11-5-7-1-3-8(10)4-2-7;;/h1-4,6,10H,5H2;1H3;/q;-1;. The summed E-state index contributed by atoms with van der Waals surface area (Å²) in [5.74, 6) is 0.208. The Morgan fingerprint density at radius 3 is 2.31 bits per heavy atom. The predicted octanol–water partition coefficient (Wildman–Crippen LogP) is 1.51. The van der Waals surface area contributed by atoms with Crippen LogP contribution >= 0.6 is 0 Å². The third kappa shape index (κ3) is 5.77. The van der Waals surface area contributed by atoms with E-state index in [-0.39, 0.29) is 52.5 Å². The third-order valence-corrected chi connectivity index (χ3v) is 1.25. The molecular formula is C9H11O3Y-. The number of benzene rings is 1. The average molecular weight is 256 g/mol. The molecule has 3 nitrogen and oxygen atoms in total. The summed E-state index contributed by atoms with van der Waals surface area (Å²) in [6.07, 6.45) is 0. The van der Waals surface area contributed by atoms with Gasteiger partial charge in [0.25, 0.3) is 6.47 Å². The Labute approximate surface area is 103 Å². The summed E-state index contributed by atoms with van der Waals surface area (Å²) in [6.45, 7) is 0.649. The Morgan fingerprint density at radius 2 is 1.85 bits per heavy atom. The number of hydrogen-bond donors (Lipinski definition) is 1. The van der Waals surface area contributed by atoms with E-state index in [9.17, 15) is 4.79 Å². The van der Waals surface area contributed by atoms with Crippen molar-refractivity contribution < 1.29 is 47.3 Å². The molecule has 0 aliphatic heterocycles. The molecule has 0 unspecified atom stereocenters. The Bertz CT molecular complexity index is 233. The summed E-state index contributed by atoms with van der Waals surface area (Å²) < 4.78 is 4.50. The van der Waals surface area contributed by atoms with Crippen LogP contribution < -0.4 is 0 Å². The molecule has 13 heavy (non-hydrogen) atoms. The van der Waals surface area contributed by atoms with E-state index in [4.69, 9.17) is 5.11 Å². The minimum atomic E-state index is 0. The molecule has 1 radical (unpaired) electrons. The number of ether oxygens (including phenoxy) is 1. The van der Waals surface area contributed by atoms with E-state index in [2.05, 4.69) is 4.74 Å². The molecule has 0 aliphatic rings. The van der Waals surface area contributed by atoms with Gasteiger partial charge in [-0.15, -0.1) is 0 Å². The predicted molar refractivity (Wildman–Crippen MR) is 45.4 cm³/mol. The van der Waals surface area contributed by atoms with Crippen LogP contribution in [0.2, 0.25) is 0 Å². The van der Waals surface area contributed by atoms with Crippen LogP contribution in [0.4, 0.5) is 0 Å². The summed E-state index contributed by atoms with van der Waals surface area (Å²) in [5.41, 5.74) is 0.856. The average Bonchev–Trinajstić information content (AvgIpc) is 2.04. The fourth-order valence-electron chi connectivity index (χ4n) is 0.722. The molecule has 1 aromatic carbocycles. The van der Waals surface area contributed by atoms with Crippen LogP contribution in [0.1, 0.15) is 5.56 Å². The number of carbonyl (C=O) groups excluding carboxylic acids is 1. The van der Waals surface area contributed by atoms with Crippen LogP contribution in [-0.4, -0.2) is 11.6 Å². The van der Waals surface area contributed by atoms with E-state index in [1.807, 2.05) is 0 Å². The van der Waals surface area contributed by atoms with Gasteiger partial charge < -0.3 is 17.3 Å². The normalized spacial score (nSPS) is 7.69. The number of hydrogen-bond acceptors (Lipinski definition) is 3. The third-order valence-electron chi connectivity index (χ3n) is 1.25. The number of rotatable bonds is 3. The molecule has 0 saturated heterocycles. The van der Waals surface area contributed by atoms with Crippen molar-refractivity contribution in [3.63, 3.8) is 0 Å². The number of phenolic OH excluding ortho intramolecular Hbond substituents is 1. The van der Waals surface area contributed by atoms with Crippen molar-refractivity contribution in [1.82, 2.24) is 0 Å². The van der Waals surface area contributed by atoms with E-state index in [1.165, 1.54) is 0 Å². The van der Waals surface area contributed by atoms with Crippen molar-refractivity contribution in [2.45, 2.75) is 6.61 Å². The first-order valence-corrected chi connectivity index (χ1v) is 3.16. The summed E-state index contributed by atoms with van der Waals surface area (Å²) in [5, 5.41) is 8.87. The fourth-order valence-corrected chi connectivity index (χ4v) is 0.722. The summed E-state index contributed by atoms with van der Waals surface area (Å²) in [7, 11) is 0. The van der Waals surface area contributed by atoms with Gasteiger partial charge >= 0.3 is 0 Å². The van der Waals surface area contributed by atoms with Crippen LogP contribution in [0.5, 0.6) is 5.75 Å². The molecule has 0 heterocycles. The van der Waals surface area contributed by atoms with Crippen LogP contribution in [0, 0.1) is 7.43 Å². The summed E-state index contributed by atoms with van der Waals surface area (Å²) >= 11 is 0. The molecule has 0 saturated carbocycles. The first kappa shape index (κ1) is 15.1. The first-order chi connectivity index (χ1) is 5.33. The van der Waals surface area contributed by atoms with E-state index in [0.29, 0.717) is 6.47 Å². The minimum Gasteiger partial charge on any atom is -0.508 e. The SMILES string of the molecule is O=COCc1ccc(O)cc1.[CH3-].[Y]. The van der Waals surface area contributed by atoms with Gasteiger partial charge in [-0.05, 0) is 17.7 Å². The van der Waals surface area contributed by atoms with Crippen molar-refractivity contribution >= 4 is 6.47 Å². The van der Waals surface area contributed by atoms with Crippen molar-refractivity contribution in [3.8, 4) is 5.75 Å². The number of carbonyl (C=O) groups is 1. The summed E-state index contributed by atoms with van der Waals surface area (Å²) in [6, 6.07) is 6.48. The van der Waals surface area contributed by atoms with Crippen LogP contribution in [0.25, 0.3) is 0 Å². The molecule has 0 atom stereocenters. The van der Waals surface area contributed by atoms with E-state index < -0.39 is 0 Å². The zero-order valence-corrected chi connectivity index (χ0v) is 10.3. The Balaban J connectivity index is 0. The van der Waals surface area contributed by atoms with E-state index in [1.54, 1.807) is 24.3 Å². The second-order valence-electron chi connectivity index (χ2n) is 2.07. The Morgan fingerprint density at radius 1 is 1.31 bits per heavy atom. The fraction of sp³-hybridized carbons (Fsp3) is 0.111. The second kappa shape index (κ2) is 8.20. The maximum atomic E-state index is 9.77. The van der Waals surface area contributed by atoms with Crippen LogP contribution in [0.15, 0.2) is 24.3 Å². The Kier molecular flexibility index (Phi) is 9.52. The number of aromatic hydroxyl groups is 1. The maximum absolute atomic E-state index is 9.77. The summed E-state index contributed by atoms with van der Waals surface area (Å²) in [4.78, 5) is 9.77. The minimum absolute atomic E-state index is 0. The number of phenols is 1. The molecule has 0 aliphatic carbocycles.